The van der Waals surface area contributed by atoms with Gasteiger partial charge >= 0.3 is 5.97 Å². The van der Waals surface area contributed by atoms with Crippen LogP contribution in [0.4, 0.5) is 17.3 Å². The number of ether oxygens (including phenoxy) is 1. The summed E-state index contributed by atoms with van der Waals surface area (Å²) in [6.45, 7) is 4.34. The molecule has 5 rings (SSSR count). The Morgan fingerprint density at radius 1 is 0.976 bits per heavy atom. The average Bonchev–Trinajstić information content (AvgIpc) is 2.96. The highest BCUT2D eigenvalue weighted by Gasteiger charge is 2.34. The summed E-state index contributed by atoms with van der Waals surface area (Å²) in [6, 6.07) is 8.05. The topological polar surface area (TPSA) is 78.9 Å². The van der Waals surface area contributed by atoms with Crippen molar-refractivity contribution in [3.05, 3.63) is 47.8 Å². The first-order valence-electron chi connectivity index (χ1n) is 15.4. The first-order chi connectivity index (χ1) is 19.9. The Labute approximate surface area is 244 Å². The summed E-state index contributed by atoms with van der Waals surface area (Å²) in [4.78, 5) is 42.0. The van der Waals surface area contributed by atoms with Crippen molar-refractivity contribution >= 4 is 35.3 Å². The lowest BCUT2D eigenvalue weighted by Crippen LogP contribution is -2.53. The normalized spacial score (nSPS) is 18.8. The van der Waals surface area contributed by atoms with Crippen LogP contribution >= 0.6 is 0 Å². The van der Waals surface area contributed by atoms with E-state index < -0.39 is 0 Å². The van der Waals surface area contributed by atoms with Crippen LogP contribution in [0.2, 0.25) is 0 Å². The maximum absolute atomic E-state index is 13.9. The van der Waals surface area contributed by atoms with Crippen LogP contribution in [0.1, 0.15) is 75.5 Å². The fraction of sp³-hybridized carbons (Fsp3) is 0.576. The van der Waals surface area contributed by atoms with Gasteiger partial charge in [0, 0.05) is 57.3 Å². The molecule has 8 heteroatoms. The smallest absolute Gasteiger partial charge is 0.331 e. The average molecular weight is 560 g/mol. The Kier molecular flexibility index (Phi) is 9.57. The largest absolute Gasteiger partial charge is 0.459 e. The molecule has 2 saturated carbocycles. The number of carbonyl (C=O) groups is 2. The predicted octanol–water partition coefficient (Wildman–Crippen LogP) is 5.79. The molecular formula is C33H45N5O3. The van der Waals surface area contributed by atoms with Crippen LogP contribution in [-0.2, 0) is 14.3 Å². The maximum atomic E-state index is 13.9. The van der Waals surface area contributed by atoms with E-state index in [1.165, 1.54) is 18.9 Å². The second kappa shape index (κ2) is 13.5. The number of hydrogen-bond acceptors (Lipinski definition) is 7. The molecule has 3 fully saturated rings. The Morgan fingerprint density at radius 2 is 1.68 bits per heavy atom. The number of carbonyl (C=O) groups excluding carboxylic acids is 2. The van der Waals surface area contributed by atoms with Gasteiger partial charge in [0.2, 0.25) is 5.91 Å². The summed E-state index contributed by atoms with van der Waals surface area (Å²) in [5, 5.41) is 0. The lowest BCUT2D eigenvalue weighted by molar-refractivity contribution is -0.144. The zero-order chi connectivity index (χ0) is 28.8. The van der Waals surface area contributed by atoms with Gasteiger partial charge in [-0.25, -0.2) is 14.8 Å². The number of esters is 1. The number of rotatable bonds is 9. The molecule has 1 amide bonds. The molecule has 0 unspecified atom stereocenters. The molecule has 0 bridgehead atoms. The zero-order valence-electron chi connectivity index (χ0n) is 24.9. The van der Waals surface area contributed by atoms with Crippen LogP contribution in [0, 0.1) is 18.8 Å². The molecule has 1 aliphatic heterocycles. The summed E-state index contributed by atoms with van der Waals surface area (Å²) in [6.07, 6.45) is 15.9. The Balaban J connectivity index is 1.28. The minimum Gasteiger partial charge on any atom is -0.459 e. The Morgan fingerprint density at radius 3 is 2.34 bits per heavy atom. The van der Waals surface area contributed by atoms with Crippen LogP contribution < -0.4 is 14.7 Å². The first-order valence-corrected chi connectivity index (χ1v) is 15.4. The van der Waals surface area contributed by atoms with Gasteiger partial charge in [0.1, 0.15) is 17.7 Å². The van der Waals surface area contributed by atoms with E-state index in [0.29, 0.717) is 18.3 Å². The number of pyridine rings is 2. The Hall–Kier alpha value is -3.42. The molecule has 0 radical (unpaired) electrons. The number of amides is 1. The molecule has 220 valence electrons. The molecule has 0 aromatic carbocycles. The SMILES string of the molecule is Cc1cc(/C=C/C(=O)OC2CCCCC2)cc(N(CC2CN(c3ccc(N(C)C)nc3)C2)C(=O)C2CCCCC2)n1. The summed E-state index contributed by atoms with van der Waals surface area (Å²) >= 11 is 0. The van der Waals surface area contributed by atoms with Crippen LogP contribution in [0.25, 0.3) is 6.08 Å². The van der Waals surface area contributed by atoms with Gasteiger partial charge in [-0.05, 0) is 81.4 Å². The van der Waals surface area contributed by atoms with Gasteiger partial charge in [0.15, 0.2) is 0 Å². The summed E-state index contributed by atoms with van der Waals surface area (Å²) in [5.41, 5.74) is 2.79. The number of anilines is 3. The van der Waals surface area contributed by atoms with Crippen LogP contribution in [0.15, 0.2) is 36.5 Å². The van der Waals surface area contributed by atoms with E-state index in [0.717, 1.165) is 87.2 Å². The maximum Gasteiger partial charge on any atom is 0.331 e. The van der Waals surface area contributed by atoms with Crippen molar-refractivity contribution in [2.45, 2.75) is 77.2 Å². The van der Waals surface area contributed by atoms with Crippen molar-refractivity contribution in [3.63, 3.8) is 0 Å². The van der Waals surface area contributed by atoms with Crippen molar-refractivity contribution in [1.29, 1.82) is 0 Å². The van der Waals surface area contributed by atoms with Gasteiger partial charge in [0.25, 0.3) is 0 Å². The van der Waals surface area contributed by atoms with Gasteiger partial charge in [-0.2, -0.15) is 0 Å². The van der Waals surface area contributed by atoms with Crippen LogP contribution in [0.3, 0.4) is 0 Å². The highest BCUT2D eigenvalue weighted by molar-refractivity contribution is 5.95. The highest BCUT2D eigenvalue weighted by atomic mass is 16.5. The minimum absolute atomic E-state index is 0.0305. The van der Waals surface area contributed by atoms with Crippen molar-refractivity contribution in [2.24, 2.45) is 11.8 Å². The third kappa shape index (κ3) is 7.66. The third-order valence-electron chi connectivity index (χ3n) is 8.66. The fourth-order valence-corrected chi connectivity index (χ4v) is 6.31. The van der Waals surface area contributed by atoms with Crippen molar-refractivity contribution in [2.75, 3.05) is 48.4 Å². The molecule has 0 N–H and O–H groups in total. The van der Waals surface area contributed by atoms with E-state index in [-0.39, 0.29) is 23.9 Å². The van der Waals surface area contributed by atoms with E-state index in [1.807, 2.05) is 55.2 Å². The summed E-state index contributed by atoms with van der Waals surface area (Å²) in [7, 11) is 3.98. The summed E-state index contributed by atoms with van der Waals surface area (Å²) < 4.78 is 5.66. The van der Waals surface area contributed by atoms with E-state index in [9.17, 15) is 9.59 Å². The molecule has 2 aromatic heterocycles. The number of aromatic nitrogens is 2. The zero-order valence-corrected chi connectivity index (χ0v) is 24.9. The van der Waals surface area contributed by atoms with Crippen LogP contribution in [-0.4, -0.2) is 61.7 Å². The second-order valence-corrected chi connectivity index (χ2v) is 12.3. The monoisotopic (exact) mass is 559 g/mol. The molecule has 2 aliphatic carbocycles. The van der Waals surface area contributed by atoms with E-state index in [2.05, 4.69) is 16.0 Å². The van der Waals surface area contributed by atoms with Gasteiger partial charge < -0.3 is 14.5 Å². The lowest BCUT2D eigenvalue weighted by atomic mass is 9.87. The number of nitrogens with zero attached hydrogens (tertiary/aromatic N) is 5. The number of hydrogen-bond donors (Lipinski definition) is 0. The van der Waals surface area contributed by atoms with E-state index in [4.69, 9.17) is 9.72 Å². The van der Waals surface area contributed by atoms with Crippen molar-refractivity contribution < 1.29 is 14.3 Å². The molecular weight excluding hydrogens is 514 g/mol. The molecule has 1 saturated heterocycles. The Bertz CT molecular complexity index is 1210. The van der Waals surface area contributed by atoms with Gasteiger partial charge in [-0.1, -0.05) is 25.7 Å². The first kappa shape index (κ1) is 29.1. The van der Waals surface area contributed by atoms with Gasteiger partial charge in [-0.15, -0.1) is 0 Å². The molecule has 3 heterocycles. The molecule has 41 heavy (non-hydrogen) atoms. The lowest BCUT2D eigenvalue weighted by Gasteiger charge is -2.43. The van der Waals surface area contributed by atoms with E-state index >= 15 is 0 Å². The summed E-state index contributed by atoms with van der Waals surface area (Å²) in [5.74, 6) is 1.90. The van der Waals surface area contributed by atoms with Crippen molar-refractivity contribution in [3.8, 4) is 0 Å². The fourth-order valence-electron chi connectivity index (χ4n) is 6.31. The van der Waals surface area contributed by atoms with E-state index in [1.54, 1.807) is 6.08 Å². The predicted molar refractivity (Wildman–Crippen MR) is 164 cm³/mol. The van der Waals surface area contributed by atoms with Gasteiger partial charge in [-0.3, -0.25) is 9.69 Å². The standard InChI is InChI=1S/C33H45N5O3/c1-24-18-25(14-17-32(39)41-29-12-8-5-9-13-29)19-31(35-24)38(33(40)27-10-6-4-7-11-27)23-26-21-37(22-26)28-15-16-30(34-20-28)36(2)3/h14-20,26-27,29H,4-13,21-23H2,1-3H3/b17-14+. The minimum atomic E-state index is -0.300. The number of aryl methyl sites for hydroxylation is 1. The quantitative estimate of drug-likeness (QED) is 0.284. The molecule has 2 aromatic rings. The third-order valence-corrected chi connectivity index (χ3v) is 8.66. The van der Waals surface area contributed by atoms with Crippen molar-refractivity contribution in [1.82, 2.24) is 9.97 Å². The van der Waals surface area contributed by atoms with Gasteiger partial charge in [0.05, 0.1) is 11.9 Å². The van der Waals surface area contributed by atoms with Crippen LogP contribution in [0.5, 0.6) is 0 Å². The molecule has 3 aliphatic rings. The highest BCUT2D eigenvalue weighted by Crippen LogP contribution is 2.31. The molecule has 8 nitrogen and oxygen atoms in total. The molecule has 0 atom stereocenters. The second-order valence-electron chi connectivity index (χ2n) is 12.3. The molecule has 0 spiro atoms.